The van der Waals surface area contributed by atoms with E-state index in [1.54, 1.807) is 6.07 Å². The summed E-state index contributed by atoms with van der Waals surface area (Å²) in [4.78, 5) is 0. The Bertz CT molecular complexity index is 443. The first-order valence-electron chi connectivity index (χ1n) is 5.35. The molecule has 0 bridgehead atoms. The maximum absolute atomic E-state index is 12.4. The summed E-state index contributed by atoms with van der Waals surface area (Å²) in [6, 6.07) is 5.11. The molecular formula is C12H13F3N2. The molecule has 0 amide bonds. The van der Waals surface area contributed by atoms with Crippen LogP contribution in [0.25, 0.3) is 0 Å². The molecule has 0 spiro atoms. The molecule has 0 radical (unpaired) electrons. The van der Waals surface area contributed by atoms with Gasteiger partial charge < -0.3 is 10.9 Å². The van der Waals surface area contributed by atoms with Crippen molar-refractivity contribution in [1.29, 1.82) is 0 Å². The molecule has 1 aromatic rings. The van der Waals surface area contributed by atoms with Gasteiger partial charge in [-0.25, -0.2) is 0 Å². The van der Waals surface area contributed by atoms with E-state index in [0.717, 1.165) is 30.7 Å². The average molecular weight is 242 g/mol. The number of benzene rings is 1. The molecule has 0 atom stereocenters. The zero-order valence-corrected chi connectivity index (χ0v) is 9.36. The first-order valence-corrected chi connectivity index (χ1v) is 5.35. The van der Waals surface area contributed by atoms with Crippen molar-refractivity contribution in [3.8, 4) is 0 Å². The van der Waals surface area contributed by atoms with Crippen LogP contribution in [0.3, 0.4) is 0 Å². The van der Waals surface area contributed by atoms with E-state index >= 15 is 0 Å². The molecule has 2 rings (SSSR count). The Labute approximate surface area is 97.5 Å². The fourth-order valence-corrected chi connectivity index (χ4v) is 1.47. The van der Waals surface area contributed by atoms with E-state index in [9.17, 15) is 13.2 Å². The lowest BCUT2D eigenvalue weighted by molar-refractivity contribution is -0.137. The molecule has 17 heavy (non-hydrogen) atoms. The third-order valence-corrected chi connectivity index (χ3v) is 2.61. The van der Waals surface area contributed by atoms with Crippen LogP contribution in [0, 0.1) is 0 Å². The lowest BCUT2D eigenvalue weighted by atomic mass is 10.2. The zero-order chi connectivity index (χ0) is 12.5. The summed E-state index contributed by atoms with van der Waals surface area (Å²) in [7, 11) is 0. The standard InChI is InChI=1S/C12H13F3N2/c1-8(9-5-6-9)16-17-11-4-2-3-10(7-11)12(13,14)15/h2-4,7,16-17H,5-6H2,1H3. The van der Waals surface area contributed by atoms with E-state index < -0.39 is 11.7 Å². The molecule has 1 saturated carbocycles. The van der Waals surface area contributed by atoms with Crippen molar-refractivity contribution in [1.82, 2.24) is 5.43 Å². The largest absolute Gasteiger partial charge is 0.416 e. The Morgan fingerprint density at radius 2 is 1.94 bits per heavy atom. The fourth-order valence-electron chi connectivity index (χ4n) is 1.47. The fraction of sp³-hybridized carbons (Fsp3) is 0.333. The van der Waals surface area contributed by atoms with Gasteiger partial charge in [0, 0.05) is 5.70 Å². The Morgan fingerprint density at radius 1 is 1.24 bits per heavy atom. The number of allylic oxidation sites excluding steroid dienone is 2. The minimum absolute atomic E-state index is 0.403. The Hall–Kier alpha value is -1.65. The number of hydrogen-bond donors (Lipinski definition) is 2. The third kappa shape index (κ3) is 3.15. The quantitative estimate of drug-likeness (QED) is 0.790. The molecule has 0 saturated heterocycles. The van der Waals surface area contributed by atoms with Gasteiger partial charge in [0.15, 0.2) is 0 Å². The molecule has 1 aliphatic rings. The van der Waals surface area contributed by atoms with Gasteiger partial charge in [0.05, 0.1) is 11.3 Å². The van der Waals surface area contributed by atoms with E-state index in [-0.39, 0.29) is 0 Å². The van der Waals surface area contributed by atoms with Crippen LogP contribution >= 0.6 is 0 Å². The van der Waals surface area contributed by atoms with E-state index in [0.29, 0.717) is 5.69 Å². The van der Waals surface area contributed by atoms with Gasteiger partial charge in [-0.15, -0.1) is 0 Å². The van der Waals surface area contributed by atoms with Gasteiger partial charge in [0.1, 0.15) is 0 Å². The normalized spacial score (nSPS) is 14.5. The van der Waals surface area contributed by atoms with Crippen molar-refractivity contribution >= 4 is 5.69 Å². The van der Waals surface area contributed by atoms with Gasteiger partial charge in [-0.05, 0) is 43.5 Å². The first-order chi connectivity index (χ1) is 7.97. The topological polar surface area (TPSA) is 24.1 Å². The molecule has 5 heteroatoms. The summed E-state index contributed by atoms with van der Waals surface area (Å²) in [5.41, 5.74) is 7.72. The summed E-state index contributed by atoms with van der Waals surface area (Å²) >= 11 is 0. The van der Waals surface area contributed by atoms with Crippen molar-refractivity contribution in [3.63, 3.8) is 0 Å². The van der Waals surface area contributed by atoms with Gasteiger partial charge in [-0.1, -0.05) is 6.07 Å². The summed E-state index contributed by atoms with van der Waals surface area (Å²) in [5.74, 6) is 0. The average Bonchev–Trinajstić information content (AvgIpc) is 3.09. The second kappa shape index (κ2) is 4.31. The summed E-state index contributed by atoms with van der Waals surface area (Å²) < 4.78 is 37.3. The van der Waals surface area contributed by atoms with Gasteiger partial charge in [-0.3, -0.25) is 0 Å². The number of alkyl halides is 3. The van der Waals surface area contributed by atoms with Crippen LogP contribution in [-0.2, 0) is 6.18 Å². The third-order valence-electron chi connectivity index (χ3n) is 2.61. The van der Waals surface area contributed by atoms with Gasteiger partial charge in [0.2, 0.25) is 0 Å². The Morgan fingerprint density at radius 3 is 2.53 bits per heavy atom. The number of halogens is 3. The smallest absolute Gasteiger partial charge is 0.305 e. The minimum Gasteiger partial charge on any atom is -0.305 e. The molecular weight excluding hydrogens is 229 g/mol. The van der Waals surface area contributed by atoms with E-state index in [1.807, 2.05) is 6.92 Å². The van der Waals surface area contributed by atoms with Crippen molar-refractivity contribution in [2.24, 2.45) is 0 Å². The van der Waals surface area contributed by atoms with E-state index in [4.69, 9.17) is 0 Å². The summed E-state index contributed by atoms with van der Waals surface area (Å²) in [6.45, 7) is 1.91. The number of nitrogens with one attached hydrogen (secondary N) is 2. The maximum atomic E-state index is 12.4. The molecule has 0 unspecified atom stereocenters. The lowest BCUT2D eigenvalue weighted by Crippen LogP contribution is -2.19. The van der Waals surface area contributed by atoms with Crippen molar-refractivity contribution in [2.75, 3.05) is 5.43 Å². The number of hydrazine groups is 1. The highest BCUT2D eigenvalue weighted by molar-refractivity contribution is 5.46. The van der Waals surface area contributed by atoms with Crippen LogP contribution in [0.1, 0.15) is 25.3 Å². The molecule has 0 aromatic heterocycles. The molecule has 1 aliphatic carbocycles. The molecule has 2 nitrogen and oxygen atoms in total. The minimum atomic E-state index is -4.30. The number of rotatable bonds is 3. The predicted octanol–water partition coefficient (Wildman–Crippen LogP) is 3.69. The van der Waals surface area contributed by atoms with Crippen LogP contribution in [-0.4, -0.2) is 0 Å². The van der Waals surface area contributed by atoms with E-state index in [1.165, 1.54) is 11.6 Å². The highest BCUT2D eigenvalue weighted by Gasteiger charge is 2.30. The monoisotopic (exact) mass is 242 g/mol. The lowest BCUT2D eigenvalue weighted by Gasteiger charge is -2.12. The maximum Gasteiger partial charge on any atom is 0.416 e. The Kier molecular flexibility index (Phi) is 3.00. The van der Waals surface area contributed by atoms with Crippen molar-refractivity contribution in [3.05, 3.63) is 41.1 Å². The van der Waals surface area contributed by atoms with Crippen LogP contribution in [0.15, 0.2) is 35.5 Å². The molecule has 0 heterocycles. The van der Waals surface area contributed by atoms with Gasteiger partial charge >= 0.3 is 6.18 Å². The molecule has 2 N–H and O–H groups in total. The summed E-state index contributed by atoms with van der Waals surface area (Å²) in [5, 5.41) is 0. The number of anilines is 1. The predicted molar refractivity (Wildman–Crippen MR) is 60.1 cm³/mol. The SMILES string of the molecule is CC(NNc1cccc(C(F)(F)F)c1)=C1CC1. The molecule has 1 aromatic carbocycles. The second-order valence-electron chi connectivity index (χ2n) is 4.06. The number of hydrogen-bond acceptors (Lipinski definition) is 2. The molecule has 92 valence electrons. The first kappa shape index (κ1) is 11.8. The second-order valence-corrected chi connectivity index (χ2v) is 4.06. The van der Waals surface area contributed by atoms with Crippen molar-refractivity contribution in [2.45, 2.75) is 25.9 Å². The highest BCUT2D eigenvalue weighted by Crippen LogP contribution is 2.31. The van der Waals surface area contributed by atoms with Crippen molar-refractivity contribution < 1.29 is 13.2 Å². The van der Waals surface area contributed by atoms with Crippen LogP contribution < -0.4 is 10.9 Å². The van der Waals surface area contributed by atoms with Crippen LogP contribution in [0.5, 0.6) is 0 Å². The highest BCUT2D eigenvalue weighted by atomic mass is 19.4. The summed E-state index contributed by atoms with van der Waals surface area (Å²) in [6.07, 6.45) is -2.16. The van der Waals surface area contributed by atoms with E-state index in [2.05, 4.69) is 10.9 Å². The Balaban J connectivity index is 2.04. The van der Waals surface area contributed by atoms with Crippen LogP contribution in [0.2, 0.25) is 0 Å². The zero-order valence-electron chi connectivity index (χ0n) is 9.36. The molecule has 0 aliphatic heterocycles. The molecule has 1 fully saturated rings. The van der Waals surface area contributed by atoms with Crippen LogP contribution in [0.4, 0.5) is 18.9 Å². The van der Waals surface area contributed by atoms with Gasteiger partial charge in [-0.2, -0.15) is 13.2 Å². The van der Waals surface area contributed by atoms with Gasteiger partial charge in [0.25, 0.3) is 0 Å².